The lowest BCUT2D eigenvalue weighted by Gasteiger charge is -2.26. The fraction of sp³-hybridized carbons (Fsp3) is 0.458. The molecule has 0 amide bonds. The van der Waals surface area contributed by atoms with Crippen LogP contribution in [0.4, 0.5) is 17.2 Å². The van der Waals surface area contributed by atoms with E-state index in [4.69, 9.17) is 0 Å². The topological polar surface area (TPSA) is 83.0 Å². The molecule has 0 aromatic carbocycles. The molecular weight excluding hydrogens is 406 g/mol. The van der Waals surface area contributed by atoms with Gasteiger partial charge < -0.3 is 15.7 Å². The molecule has 2 unspecified atom stereocenters. The van der Waals surface area contributed by atoms with Crippen LogP contribution in [0.25, 0.3) is 10.6 Å². The van der Waals surface area contributed by atoms with Gasteiger partial charge in [0.25, 0.3) is 0 Å². The van der Waals surface area contributed by atoms with Gasteiger partial charge in [0.15, 0.2) is 0 Å². The van der Waals surface area contributed by atoms with Crippen molar-refractivity contribution in [3.05, 3.63) is 46.9 Å². The number of aryl methyl sites for hydroxylation is 3. The standard InChI is InChI=1S/C24H31N5OS/c1-14-8-19(9-15(2)26-14)29-22-11-21(20(12-25-22)23-27-16(3)13-31-23)28-18-7-6-17(10-18)24(4,5)30/h8-9,11-13,17-18,30H,6-7,10H2,1-5H3,(H2,25,26,28,29). The van der Waals surface area contributed by atoms with Gasteiger partial charge in [-0.3, -0.25) is 4.98 Å². The summed E-state index contributed by atoms with van der Waals surface area (Å²) in [5.41, 5.74) is 5.32. The highest BCUT2D eigenvalue weighted by atomic mass is 32.1. The molecule has 3 heterocycles. The largest absolute Gasteiger partial charge is 0.390 e. The molecule has 164 valence electrons. The summed E-state index contributed by atoms with van der Waals surface area (Å²) in [6, 6.07) is 6.42. The van der Waals surface area contributed by atoms with E-state index in [1.165, 1.54) is 0 Å². The summed E-state index contributed by atoms with van der Waals surface area (Å²) < 4.78 is 0. The Morgan fingerprint density at radius 2 is 1.77 bits per heavy atom. The molecule has 1 saturated carbocycles. The number of pyridine rings is 2. The van der Waals surface area contributed by atoms with Crippen molar-refractivity contribution in [2.45, 2.75) is 65.5 Å². The molecule has 0 saturated heterocycles. The molecular formula is C24H31N5OS. The van der Waals surface area contributed by atoms with Crippen LogP contribution < -0.4 is 10.6 Å². The van der Waals surface area contributed by atoms with E-state index >= 15 is 0 Å². The van der Waals surface area contributed by atoms with E-state index in [2.05, 4.69) is 37.0 Å². The van der Waals surface area contributed by atoms with Crippen molar-refractivity contribution in [1.82, 2.24) is 15.0 Å². The molecule has 2 atom stereocenters. The minimum atomic E-state index is -0.645. The van der Waals surface area contributed by atoms with Crippen LogP contribution in [-0.4, -0.2) is 31.7 Å². The van der Waals surface area contributed by atoms with Gasteiger partial charge in [-0.15, -0.1) is 11.3 Å². The van der Waals surface area contributed by atoms with Gasteiger partial charge in [0.1, 0.15) is 10.8 Å². The number of hydrogen-bond donors (Lipinski definition) is 3. The van der Waals surface area contributed by atoms with Crippen molar-refractivity contribution >= 4 is 28.5 Å². The number of aliphatic hydroxyl groups is 1. The summed E-state index contributed by atoms with van der Waals surface area (Å²) >= 11 is 1.63. The number of rotatable bonds is 6. The predicted molar refractivity (Wildman–Crippen MR) is 128 cm³/mol. The van der Waals surface area contributed by atoms with Gasteiger partial charge in [0.05, 0.1) is 11.2 Å². The molecule has 3 aromatic rings. The van der Waals surface area contributed by atoms with Gasteiger partial charge in [0.2, 0.25) is 0 Å². The van der Waals surface area contributed by atoms with Crippen LogP contribution in [0.2, 0.25) is 0 Å². The maximum Gasteiger partial charge on any atom is 0.132 e. The Labute approximate surface area is 188 Å². The SMILES string of the molecule is Cc1cc(Nc2cc(NC3CCC(C(C)(C)O)C3)c(-c3nc(C)cs3)cn2)cc(C)n1. The Morgan fingerprint density at radius 1 is 1.03 bits per heavy atom. The van der Waals surface area contributed by atoms with E-state index in [1.807, 2.05) is 52.9 Å². The van der Waals surface area contributed by atoms with Crippen molar-refractivity contribution in [2.24, 2.45) is 5.92 Å². The van der Waals surface area contributed by atoms with Crippen LogP contribution in [0.1, 0.15) is 50.2 Å². The first-order valence-electron chi connectivity index (χ1n) is 10.8. The van der Waals surface area contributed by atoms with E-state index < -0.39 is 5.60 Å². The zero-order chi connectivity index (χ0) is 22.2. The smallest absolute Gasteiger partial charge is 0.132 e. The molecule has 1 aliphatic carbocycles. The molecule has 1 fully saturated rings. The van der Waals surface area contributed by atoms with Gasteiger partial charge in [-0.05, 0) is 71.9 Å². The first kappa shape index (κ1) is 21.7. The Hall–Kier alpha value is -2.51. The first-order chi connectivity index (χ1) is 14.7. The molecule has 7 heteroatoms. The lowest BCUT2D eigenvalue weighted by Crippen LogP contribution is -2.30. The summed E-state index contributed by atoms with van der Waals surface area (Å²) in [5.74, 6) is 1.08. The fourth-order valence-corrected chi connectivity index (χ4v) is 5.14. The third-order valence-corrected chi connectivity index (χ3v) is 6.89. The fourth-order valence-electron chi connectivity index (χ4n) is 4.32. The quantitative estimate of drug-likeness (QED) is 0.464. The zero-order valence-electron chi connectivity index (χ0n) is 18.9. The second-order valence-corrected chi connectivity index (χ2v) is 10.0. The van der Waals surface area contributed by atoms with Crippen molar-refractivity contribution in [3.8, 4) is 10.6 Å². The predicted octanol–water partition coefficient (Wildman–Crippen LogP) is 5.62. The minimum Gasteiger partial charge on any atom is -0.390 e. The molecule has 31 heavy (non-hydrogen) atoms. The number of nitrogens with one attached hydrogen (secondary N) is 2. The summed E-state index contributed by atoms with van der Waals surface area (Å²) in [5, 5.41) is 20.6. The van der Waals surface area contributed by atoms with Gasteiger partial charge >= 0.3 is 0 Å². The highest BCUT2D eigenvalue weighted by molar-refractivity contribution is 7.13. The average Bonchev–Trinajstić information content (AvgIpc) is 3.30. The molecule has 1 aliphatic rings. The highest BCUT2D eigenvalue weighted by Crippen LogP contribution is 2.38. The molecule has 3 N–H and O–H groups in total. The highest BCUT2D eigenvalue weighted by Gasteiger charge is 2.34. The molecule has 4 rings (SSSR count). The van der Waals surface area contributed by atoms with Crippen LogP contribution in [0, 0.1) is 26.7 Å². The Bertz CT molecular complexity index is 1050. The lowest BCUT2D eigenvalue weighted by molar-refractivity contribution is 0.0197. The number of nitrogens with zero attached hydrogens (tertiary/aromatic N) is 3. The van der Waals surface area contributed by atoms with E-state index in [0.29, 0.717) is 12.0 Å². The number of hydrogen-bond acceptors (Lipinski definition) is 7. The molecule has 0 bridgehead atoms. The summed E-state index contributed by atoms with van der Waals surface area (Å²) in [6.07, 6.45) is 4.91. The number of aromatic nitrogens is 3. The molecule has 6 nitrogen and oxygen atoms in total. The molecule has 0 radical (unpaired) electrons. The zero-order valence-corrected chi connectivity index (χ0v) is 19.7. The van der Waals surface area contributed by atoms with Crippen molar-refractivity contribution < 1.29 is 5.11 Å². The van der Waals surface area contributed by atoms with Crippen LogP contribution in [0.3, 0.4) is 0 Å². The third kappa shape index (κ3) is 5.22. The van der Waals surface area contributed by atoms with Gasteiger partial charge in [-0.2, -0.15) is 0 Å². The summed E-state index contributed by atoms with van der Waals surface area (Å²) in [4.78, 5) is 13.8. The van der Waals surface area contributed by atoms with E-state index in [0.717, 1.165) is 64.1 Å². The summed E-state index contributed by atoms with van der Waals surface area (Å²) in [6.45, 7) is 9.82. The van der Waals surface area contributed by atoms with Gasteiger partial charge in [0, 0.05) is 52.1 Å². The van der Waals surface area contributed by atoms with Crippen LogP contribution >= 0.6 is 11.3 Å². The maximum atomic E-state index is 10.4. The average molecular weight is 438 g/mol. The first-order valence-corrected chi connectivity index (χ1v) is 11.7. The van der Waals surface area contributed by atoms with Crippen molar-refractivity contribution in [3.63, 3.8) is 0 Å². The van der Waals surface area contributed by atoms with Crippen LogP contribution in [-0.2, 0) is 0 Å². The van der Waals surface area contributed by atoms with Crippen molar-refractivity contribution in [2.75, 3.05) is 10.6 Å². The second kappa shape index (κ2) is 8.55. The van der Waals surface area contributed by atoms with E-state index in [1.54, 1.807) is 11.3 Å². The second-order valence-electron chi connectivity index (χ2n) is 9.18. The molecule has 3 aromatic heterocycles. The number of thiazole rings is 1. The van der Waals surface area contributed by atoms with E-state index in [9.17, 15) is 5.11 Å². The minimum absolute atomic E-state index is 0.303. The Balaban J connectivity index is 1.62. The summed E-state index contributed by atoms with van der Waals surface area (Å²) in [7, 11) is 0. The molecule has 0 spiro atoms. The lowest BCUT2D eigenvalue weighted by atomic mass is 9.89. The monoisotopic (exact) mass is 437 g/mol. The van der Waals surface area contributed by atoms with E-state index in [-0.39, 0.29) is 0 Å². The third-order valence-electron chi connectivity index (χ3n) is 5.90. The van der Waals surface area contributed by atoms with Crippen LogP contribution in [0.5, 0.6) is 0 Å². The maximum absolute atomic E-state index is 10.4. The number of anilines is 3. The normalized spacial score (nSPS) is 18.9. The molecule has 0 aliphatic heterocycles. The Kier molecular flexibility index (Phi) is 5.99. The Morgan fingerprint density at radius 3 is 2.39 bits per heavy atom. The van der Waals surface area contributed by atoms with Gasteiger partial charge in [-0.25, -0.2) is 9.97 Å². The van der Waals surface area contributed by atoms with Gasteiger partial charge in [-0.1, -0.05) is 0 Å². The van der Waals surface area contributed by atoms with Crippen molar-refractivity contribution in [1.29, 1.82) is 0 Å². The van der Waals surface area contributed by atoms with Crippen LogP contribution in [0.15, 0.2) is 29.8 Å².